The summed E-state index contributed by atoms with van der Waals surface area (Å²) >= 11 is 0. The van der Waals surface area contributed by atoms with E-state index in [0.29, 0.717) is 23.4 Å². The van der Waals surface area contributed by atoms with Gasteiger partial charge in [-0.15, -0.1) is 12.4 Å². The average molecular weight is 363 g/mol. The Morgan fingerprint density at radius 1 is 1.04 bits per heavy atom. The first-order valence-electron chi connectivity index (χ1n) is 8.07. The number of carbonyl (C=O) groups is 2. The summed E-state index contributed by atoms with van der Waals surface area (Å²) in [5.74, 6) is -0.373. The van der Waals surface area contributed by atoms with Gasteiger partial charge in [0.25, 0.3) is 5.91 Å². The van der Waals surface area contributed by atoms with Gasteiger partial charge in [0.05, 0.1) is 5.69 Å². The monoisotopic (exact) mass is 362 g/mol. The molecule has 5 nitrogen and oxygen atoms in total. The van der Waals surface area contributed by atoms with E-state index in [1.165, 1.54) is 0 Å². The Morgan fingerprint density at radius 2 is 1.76 bits per heavy atom. The van der Waals surface area contributed by atoms with E-state index in [0.717, 1.165) is 19.3 Å². The van der Waals surface area contributed by atoms with Crippen LogP contribution in [-0.2, 0) is 4.79 Å². The number of ether oxygens (including phenoxy) is 1. The van der Waals surface area contributed by atoms with Gasteiger partial charge in [0.2, 0.25) is 0 Å². The Labute approximate surface area is 154 Å². The van der Waals surface area contributed by atoms with Crippen LogP contribution in [0.5, 0.6) is 5.75 Å². The Hall–Kier alpha value is -2.53. The van der Waals surface area contributed by atoms with Crippen molar-refractivity contribution in [2.24, 2.45) is 0 Å². The highest BCUT2D eigenvalue weighted by Gasteiger charge is 2.15. The molecule has 0 aliphatic carbocycles. The number of nitrogens with two attached hydrogens (primary N) is 1. The molecule has 0 atom stereocenters. The van der Waals surface area contributed by atoms with E-state index in [4.69, 9.17) is 10.5 Å². The SMILES string of the molecule is CCCCCC(=O)Oc1cccc(N)c1NC(=O)c1ccccc1.Cl. The zero-order valence-electron chi connectivity index (χ0n) is 14.2. The van der Waals surface area contributed by atoms with Gasteiger partial charge in [-0.2, -0.15) is 0 Å². The van der Waals surface area contributed by atoms with Crippen LogP contribution in [0.4, 0.5) is 11.4 Å². The molecule has 0 saturated carbocycles. The van der Waals surface area contributed by atoms with E-state index in [9.17, 15) is 9.59 Å². The van der Waals surface area contributed by atoms with Gasteiger partial charge in [0.15, 0.2) is 5.75 Å². The first-order chi connectivity index (χ1) is 11.6. The molecule has 0 aliphatic heterocycles. The molecule has 0 bridgehead atoms. The van der Waals surface area contributed by atoms with Crippen molar-refractivity contribution >= 4 is 35.7 Å². The van der Waals surface area contributed by atoms with E-state index >= 15 is 0 Å². The van der Waals surface area contributed by atoms with Gasteiger partial charge < -0.3 is 15.8 Å². The number of esters is 1. The van der Waals surface area contributed by atoms with Gasteiger partial charge in [0.1, 0.15) is 5.69 Å². The second-order valence-corrected chi connectivity index (χ2v) is 5.47. The van der Waals surface area contributed by atoms with Crippen molar-refractivity contribution in [1.29, 1.82) is 0 Å². The fourth-order valence-corrected chi connectivity index (χ4v) is 2.24. The number of halogens is 1. The maximum Gasteiger partial charge on any atom is 0.311 e. The number of benzene rings is 2. The highest BCUT2D eigenvalue weighted by Crippen LogP contribution is 2.31. The molecular formula is C19H23ClN2O3. The molecule has 0 radical (unpaired) electrons. The highest BCUT2D eigenvalue weighted by atomic mass is 35.5. The zero-order valence-corrected chi connectivity index (χ0v) is 15.0. The quantitative estimate of drug-likeness (QED) is 0.330. The summed E-state index contributed by atoms with van der Waals surface area (Å²) in [5, 5.41) is 2.73. The number of para-hydroxylation sites is 1. The Morgan fingerprint density at radius 3 is 2.44 bits per heavy atom. The number of hydrogen-bond acceptors (Lipinski definition) is 4. The average Bonchev–Trinajstić information content (AvgIpc) is 2.59. The smallest absolute Gasteiger partial charge is 0.311 e. The van der Waals surface area contributed by atoms with E-state index in [1.807, 2.05) is 6.07 Å². The molecule has 3 N–H and O–H groups in total. The molecule has 2 aromatic rings. The van der Waals surface area contributed by atoms with Crippen LogP contribution < -0.4 is 15.8 Å². The van der Waals surface area contributed by atoms with Crippen LogP contribution in [0.1, 0.15) is 43.0 Å². The first kappa shape index (κ1) is 20.5. The number of amides is 1. The van der Waals surface area contributed by atoms with Crippen molar-refractivity contribution in [2.75, 3.05) is 11.1 Å². The van der Waals surface area contributed by atoms with Crippen LogP contribution in [0.15, 0.2) is 48.5 Å². The van der Waals surface area contributed by atoms with E-state index < -0.39 is 0 Å². The zero-order chi connectivity index (χ0) is 17.4. The molecule has 0 saturated heterocycles. The molecule has 0 aromatic heterocycles. The number of nitrogens with one attached hydrogen (secondary N) is 1. The normalized spacial score (nSPS) is 9.80. The molecule has 1 amide bonds. The first-order valence-corrected chi connectivity index (χ1v) is 8.07. The number of unbranched alkanes of at least 4 members (excludes halogenated alkanes) is 2. The van der Waals surface area contributed by atoms with Crippen molar-refractivity contribution in [3.63, 3.8) is 0 Å². The van der Waals surface area contributed by atoms with Gasteiger partial charge in [-0.3, -0.25) is 9.59 Å². The molecule has 0 heterocycles. The van der Waals surface area contributed by atoms with Crippen LogP contribution in [0.3, 0.4) is 0 Å². The maximum absolute atomic E-state index is 12.3. The Balaban J connectivity index is 0.00000312. The summed E-state index contributed by atoms with van der Waals surface area (Å²) in [6.07, 6.45) is 3.13. The third kappa shape index (κ3) is 6.12. The molecular weight excluding hydrogens is 340 g/mol. The summed E-state index contributed by atoms with van der Waals surface area (Å²) in [5.41, 5.74) is 7.10. The second kappa shape index (κ2) is 10.4. The molecule has 0 unspecified atom stereocenters. The van der Waals surface area contributed by atoms with E-state index in [1.54, 1.807) is 42.5 Å². The summed E-state index contributed by atoms with van der Waals surface area (Å²) < 4.78 is 5.38. The lowest BCUT2D eigenvalue weighted by Gasteiger charge is -2.13. The minimum Gasteiger partial charge on any atom is -0.424 e. The predicted octanol–water partition coefficient (Wildman–Crippen LogP) is 4.43. The molecule has 25 heavy (non-hydrogen) atoms. The largest absolute Gasteiger partial charge is 0.424 e. The third-order valence-electron chi connectivity index (χ3n) is 3.54. The van der Waals surface area contributed by atoms with Gasteiger partial charge >= 0.3 is 5.97 Å². The third-order valence-corrected chi connectivity index (χ3v) is 3.54. The molecule has 0 spiro atoms. The second-order valence-electron chi connectivity index (χ2n) is 5.47. The Kier molecular flexibility index (Phi) is 8.50. The van der Waals surface area contributed by atoms with Crippen LogP contribution in [-0.4, -0.2) is 11.9 Å². The topological polar surface area (TPSA) is 81.4 Å². The van der Waals surface area contributed by atoms with Crippen molar-refractivity contribution in [3.05, 3.63) is 54.1 Å². The van der Waals surface area contributed by atoms with Crippen LogP contribution in [0, 0.1) is 0 Å². The van der Waals surface area contributed by atoms with Crippen molar-refractivity contribution in [2.45, 2.75) is 32.6 Å². The predicted molar refractivity (Wildman–Crippen MR) is 102 cm³/mol. The molecule has 6 heteroatoms. The van der Waals surface area contributed by atoms with Gasteiger partial charge in [-0.1, -0.05) is 44.0 Å². The minimum atomic E-state index is -0.329. The van der Waals surface area contributed by atoms with Crippen molar-refractivity contribution < 1.29 is 14.3 Å². The number of nitrogen functional groups attached to an aromatic ring is 1. The van der Waals surface area contributed by atoms with Crippen LogP contribution in [0.2, 0.25) is 0 Å². The lowest BCUT2D eigenvalue weighted by atomic mass is 10.2. The molecule has 2 rings (SSSR count). The number of rotatable bonds is 7. The lowest BCUT2D eigenvalue weighted by Crippen LogP contribution is -2.16. The molecule has 0 aliphatic rings. The number of hydrogen-bond donors (Lipinski definition) is 2. The van der Waals surface area contributed by atoms with Crippen molar-refractivity contribution in [1.82, 2.24) is 0 Å². The fraction of sp³-hybridized carbons (Fsp3) is 0.263. The summed E-state index contributed by atoms with van der Waals surface area (Å²) in [6.45, 7) is 2.07. The summed E-state index contributed by atoms with van der Waals surface area (Å²) in [4.78, 5) is 24.2. The molecule has 2 aromatic carbocycles. The minimum absolute atomic E-state index is 0. The maximum atomic E-state index is 12.3. The Bertz CT molecular complexity index is 705. The van der Waals surface area contributed by atoms with Gasteiger partial charge in [0, 0.05) is 12.0 Å². The molecule has 134 valence electrons. The van der Waals surface area contributed by atoms with Gasteiger partial charge in [-0.05, 0) is 30.7 Å². The highest BCUT2D eigenvalue weighted by molar-refractivity contribution is 6.07. The number of carbonyl (C=O) groups excluding carboxylic acids is 2. The summed E-state index contributed by atoms with van der Waals surface area (Å²) in [7, 11) is 0. The standard InChI is InChI=1S/C19H22N2O3.ClH/c1-2-3-5-13-17(22)24-16-12-8-11-15(20)18(16)21-19(23)14-9-6-4-7-10-14;/h4,6-12H,2-3,5,13,20H2,1H3,(H,21,23);1H. The number of anilines is 2. The van der Waals surface area contributed by atoms with E-state index in [2.05, 4.69) is 12.2 Å². The van der Waals surface area contributed by atoms with E-state index in [-0.39, 0.29) is 30.0 Å². The van der Waals surface area contributed by atoms with Crippen LogP contribution in [0.25, 0.3) is 0 Å². The lowest BCUT2D eigenvalue weighted by molar-refractivity contribution is -0.134. The fourth-order valence-electron chi connectivity index (χ4n) is 2.24. The molecule has 0 fully saturated rings. The van der Waals surface area contributed by atoms with Crippen molar-refractivity contribution in [3.8, 4) is 5.75 Å². The van der Waals surface area contributed by atoms with Gasteiger partial charge in [-0.25, -0.2) is 0 Å². The summed E-state index contributed by atoms with van der Waals surface area (Å²) in [6, 6.07) is 13.7. The van der Waals surface area contributed by atoms with Crippen LogP contribution >= 0.6 is 12.4 Å².